The molecule has 168 valence electrons. The third kappa shape index (κ3) is 3.09. The van der Waals surface area contributed by atoms with Crippen LogP contribution in [0.2, 0.25) is 0 Å². The number of fused-ring (bicyclic) bond motifs is 4. The van der Waals surface area contributed by atoms with E-state index < -0.39 is 21.5 Å². The van der Waals surface area contributed by atoms with Crippen molar-refractivity contribution < 1.29 is 18.4 Å². The fraction of sp³-hybridized carbons (Fsp3) is 0.652. The van der Waals surface area contributed by atoms with E-state index in [0.29, 0.717) is 24.5 Å². The second kappa shape index (κ2) is 6.95. The lowest BCUT2D eigenvalue weighted by molar-refractivity contribution is 0.192. The molecule has 2 fully saturated rings. The molecule has 2 saturated carbocycles. The summed E-state index contributed by atoms with van der Waals surface area (Å²) in [7, 11) is -3.92. The summed E-state index contributed by atoms with van der Waals surface area (Å²) in [5.74, 6) is 0.0679. The number of benzene rings is 1. The van der Waals surface area contributed by atoms with E-state index in [1.807, 2.05) is 0 Å². The topological polar surface area (TPSA) is 108 Å². The average molecular weight is 446 g/mol. The predicted octanol–water partition coefficient (Wildman–Crippen LogP) is 3.77. The third-order valence-corrected chi connectivity index (χ3v) is 10.1. The molecular formula is C23H31N3O4S. The average Bonchev–Trinajstić information content (AvgIpc) is 3.43. The van der Waals surface area contributed by atoms with Crippen LogP contribution in [0.15, 0.2) is 11.2 Å². The Morgan fingerprint density at radius 2 is 1.81 bits per heavy atom. The molecule has 2 atom stereocenters. The number of hydrogen-bond donors (Lipinski definition) is 3. The molecule has 31 heavy (non-hydrogen) atoms. The first kappa shape index (κ1) is 20.8. The molecule has 8 heteroatoms. The van der Waals surface area contributed by atoms with Gasteiger partial charge in [-0.25, -0.2) is 17.9 Å². The Bertz CT molecular complexity index is 1060. The Balaban J connectivity index is 1.37. The Labute approximate surface area is 183 Å². The molecule has 4 aliphatic carbocycles. The highest BCUT2D eigenvalue weighted by atomic mass is 32.2. The van der Waals surface area contributed by atoms with Gasteiger partial charge in [-0.15, -0.1) is 0 Å². The van der Waals surface area contributed by atoms with Crippen molar-refractivity contribution in [3.8, 4) is 0 Å². The second-order valence-corrected chi connectivity index (χ2v) is 12.1. The molecule has 0 aliphatic heterocycles. The lowest BCUT2D eigenvalue weighted by Gasteiger charge is -2.37. The summed E-state index contributed by atoms with van der Waals surface area (Å²) < 4.78 is 28.4. The van der Waals surface area contributed by atoms with E-state index in [1.165, 1.54) is 11.1 Å². The summed E-state index contributed by atoms with van der Waals surface area (Å²) in [5.41, 5.74) is 5.26. The Kier molecular flexibility index (Phi) is 4.66. The molecular weight excluding hydrogens is 414 g/mol. The van der Waals surface area contributed by atoms with E-state index in [0.717, 1.165) is 61.8 Å². The zero-order valence-corrected chi connectivity index (χ0v) is 19.1. The number of hydrogen-bond acceptors (Lipinski definition) is 5. The van der Waals surface area contributed by atoms with Gasteiger partial charge in [0.05, 0.1) is 11.5 Å². The lowest BCUT2D eigenvalue weighted by atomic mass is 9.70. The number of carbonyl (C=O) groups is 1. The second-order valence-electron chi connectivity index (χ2n) is 10.3. The van der Waals surface area contributed by atoms with E-state index in [-0.39, 0.29) is 11.2 Å². The van der Waals surface area contributed by atoms with Crippen LogP contribution >= 0.6 is 0 Å². The van der Waals surface area contributed by atoms with E-state index >= 15 is 0 Å². The summed E-state index contributed by atoms with van der Waals surface area (Å²) in [6, 6.07) is 1.58. The van der Waals surface area contributed by atoms with Crippen molar-refractivity contribution in [3.63, 3.8) is 0 Å². The van der Waals surface area contributed by atoms with E-state index in [9.17, 15) is 18.4 Å². The van der Waals surface area contributed by atoms with Gasteiger partial charge in [0.15, 0.2) is 0 Å². The van der Waals surface area contributed by atoms with Gasteiger partial charge in [-0.05, 0) is 91.4 Å². The zero-order valence-electron chi connectivity index (χ0n) is 18.3. The summed E-state index contributed by atoms with van der Waals surface area (Å²) in [5, 5.41) is 15.9. The van der Waals surface area contributed by atoms with Gasteiger partial charge in [-0.3, -0.25) is 0 Å². The van der Waals surface area contributed by atoms with Gasteiger partial charge < -0.3 is 10.5 Å². The number of sulfonamides is 1. The monoisotopic (exact) mass is 445 g/mol. The van der Waals surface area contributed by atoms with Crippen molar-refractivity contribution in [3.05, 3.63) is 28.3 Å². The molecule has 2 bridgehead atoms. The normalized spacial score (nSPS) is 29.2. The summed E-state index contributed by atoms with van der Waals surface area (Å²) in [6.45, 7) is 4.10. The molecule has 7 nitrogen and oxygen atoms in total. The largest absolute Gasteiger partial charge is 0.411 e. The maximum absolute atomic E-state index is 13.1. The fourth-order valence-electron chi connectivity index (χ4n) is 6.88. The van der Waals surface area contributed by atoms with E-state index in [2.05, 4.69) is 35.1 Å². The third-order valence-electron chi connectivity index (χ3n) is 8.68. The molecule has 4 aliphatic rings. The quantitative estimate of drug-likeness (QED) is 0.484. The van der Waals surface area contributed by atoms with Crippen LogP contribution in [0, 0.1) is 16.7 Å². The van der Waals surface area contributed by atoms with Crippen LogP contribution in [0.4, 0.5) is 10.5 Å². The number of oxime groups is 1. The number of aryl methyl sites for hydroxylation is 2. The molecule has 1 unspecified atom stereocenters. The molecule has 0 heterocycles. The summed E-state index contributed by atoms with van der Waals surface area (Å²) in [6.07, 6.45) is 8.18. The lowest BCUT2D eigenvalue weighted by Crippen LogP contribution is -2.47. The minimum absolute atomic E-state index is 0.235. The van der Waals surface area contributed by atoms with Crippen molar-refractivity contribution in [1.29, 1.82) is 0 Å². The minimum Gasteiger partial charge on any atom is -0.411 e. The Morgan fingerprint density at radius 1 is 1.16 bits per heavy atom. The predicted molar refractivity (Wildman–Crippen MR) is 119 cm³/mol. The van der Waals surface area contributed by atoms with E-state index in [1.54, 1.807) is 0 Å². The van der Waals surface area contributed by atoms with Gasteiger partial charge in [-0.2, -0.15) is 0 Å². The van der Waals surface area contributed by atoms with Crippen molar-refractivity contribution in [2.45, 2.75) is 71.6 Å². The van der Waals surface area contributed by atoms with Gasteiger partial charge in [0.2, 0.25) is 10.0 Å². The van der Waals surface area contributed by atoms with E-state index in [4.69, 9.17) is 0 Å². The van der Waals surface area contributed by atoms with Crippen LogP contribution in [0.3, 0.4) is 0 Å². The summed E-state index contributed by atoms with van der Waals surface area (Å²) in [4.78, 5) is 12.8. The number of nitrogens with zero attached hydrogens (tertiary/aromatic N) is 1. The molecule has 0 radical (unpaired) electrons. The number of rotatable bonds is 4. The highest BCUT2D eigenvalue weighted by Gasteiger charge is 2.64. The van der Waals surface area contributed by atoms with Crippen molar-refractivity contribution >= 4 is 27.5 Å². The van der Waals surface area contributed by atoms with Crippen LogP contribution in [0.5, 0.6) is 0 Å². The zero-order chi connectivity index (χ0) is 22.0. The Hall–Kier alpha value is -2.09. The van der Waals surface area contributed by atoms with Crippen molar-refractivity contribution in [2.24, 2.45) is 21.9 Å². The van der Waals surface area contributed by atoms with Crippen LogP contribution in [0.25, 0.3) is 0 Å². The van der Waals surface area contributed by atoms with Crippen LogP contribution in [-0.4, -0.2) is 31.1 Å². The number of nitrogens with one attached hydrogen (secondary N) is 2. The standard InChI is InChI=1S/C23H31N3O4S/c1-22(2)16-9-10-23(22,19(12-16)25-28)13-31(29,30)26-21(27)24-20-17-7-3-5-14(17)11-15-6-4-8-18(15)20/h11,16,28H,3-10,12-13H2,1-2H3,(H2,24,26,27)/b25-19+/t16?,23-/m1/s1. The maximum atomic E-state index is 13.1. The van der Waals surface area contributed by atoms with Gasteiger partial charge in [0.25, 0.3) is 0 Å². The highest BCUT2D eigenvalue weighted by Crippen LogP contribution is 2.64. The van der Waals surface area contributed by atoms with Gasteiger partial charge in [0.1, 0.15) is 0 Å². The number of anilines is 1. The first-order chi connectivity index (χ1) is 14.7. The summed E-state index contributed by atoms with van der Waals surface area (Å²) >= 11 is 0. The molecule has 1 aromatic carbocycles. The number of urea groups is 1. The first-order valence-electron chi connectivity index (χ1n) is 11.4. The van der Waals surface area contributed by atoms with Crippen LogP contribution in [0.1, 0.15) is 68.2 Å². The molecule has 3 N–H and O–H groups in total. The smallest absolute Gasteiger partial charge is 0.332 e. The number of amides is 2. The molecule has 5 rings (SSSR count). The molecule has 1 aromatic rings. The van der Waals surface area contributed by atoms with Gasteiger partial charge in [-0.1, -0.05) is 25.1 Å². The highest BCUT2D eigenvalue weighted by molar-refractivity contribution is 7.90. The SMILES string of the molecule is CC1(C)C2CC[C@@]1(CS(=O)(=O)NC(=O)Nc1c3c(cc4c1CCC4)CCC3)/C(=N/O)C2. The number of carbonyl (C=O) groups excluding carboxylic acids is 1. The maximum Gasteiger partial charge on any atom is 0.332 e. The van der Waals surface area contributed by atoms with Gasteiger partial charge >= 0.3 is 6.03 Å². The fourth-order valence-corrected chi connectivity index (χ4v) is 8.62. The van der Waals surface area contributed by atoms with Crippen LogP contribution in [-0.2, 0) is 35.7 Å². The van der Waals surface area contributed by atoms with Crippen LogP contribution < -0.4 is 10.0 Å². The molecule has 0 aromatic heterocycles. The van der Waals surface area contributed by atoms with Gasteiger partial charge in [0, 0.05) is 11.1 Å². The molecule has 0 saturated heterocycles. The van der Waals surface area contributed by atoms with Crippen molar-refractivity contribution in [2.75, 3.05) is 11.1 Å². The Morgan fingerprint density at radius 3 is 2.39 bits per heavy atom. The molecule has 2 amide bonds. The van der Waals surface area contributed by atoms with Crippen molar-refractivity contribution in [1.82, 2.24) is 4.72 Å². The first-order valence-corrected chi connectivity index (χ1v) is 13.0. The molecule has 0 spiro atoms. The minimum atomic E-state index is -3.92.